The third kappa shape index (κ3) is 7.75. The summed E-state index contributed by atoms with van der Waals surface area (Å²) in [5.41, 5.74) is 0. The molecule has 0 aromatic carbocycles. The standard InChI is InChI=1S/C18H31NO6/c1-4-24-18(23)19-14-8-5-6-11-16(20)25-13(3)12(2)15(17(21)22)10-7-9-14/h12-15H,4-11H2,1-3H3,(H,19,23)(H,21,22)/t12-,13+,14-,15-/m0/s1. The predicted octanol–water partition coefficient (Wildman–Crippen LogP) is 3.11. The zero-order valence-corrected chi connectivity index (χ0v) is 15.5. The molecule has 7 nitrogen and oxygen atoms in total. The monoisotopic (exact) mass is 357 g/mol. The minimum absolute atomic E-state index is 0.0713. The number of carbonyl (C=O) groups is 3. The summed E-state index contributed by atoms with van der Waals surface area (Å²) in [4.78, 5) is 35.2. The summed E-state index contributed by atoms with van der Waals surface area (Å²) in [5.74, 6) is -2.01. The number of ether oxygens (including phenoxy) is 2. The van der Waals surface area contributed by atoms with Gasteiger partial charge in [0.15, 0.2) is 0 Å². The highest BCUT2D eigenvalue weighted by Gasteiger charge is 2.31. The van der Waals surface area contributed by atoms with Crippen LogP contribution in [0.1, 0.15) is 65.7 Å². The molecule has 0 unspecified atom stereocenters. The number of nitrogens with one attached hydrogen (secondary N) is 1. The quantitative estimate of drug-likeness (QED) is 0.753. The van der Waals surface area contributed by atoms with Gasteiger partial charge >= 0.3 is 18.0 Å². The molecule has 1 aliphatic rings. The van der Waals surface area contributed by atoms with Crippen molar-refractivity contribution in [1.82, 2.24) is 5.32 Å². The molecular weight excluding hydrogens is 326 g/mol. The molecule has 7 heteroatoms. The van der Waals surface area contributed by atoms with Crippen LogP contribution in [0.25, 0.3) is 0 Å². The third-order valence-corrected chi connectivity index (χ3v) is 4.86. The van der Waals surface area contributed by atoms with Gasteiger partial charge in [-0.15, -0.1) is 0 Å². The Morgan fingerprint density at radius 3 is 2.52 bits per heavy atom. The molecular formula is C18H31NO6. The Morgan fingerprint density at radius 2 is 1.88 bits per heavy atom. The van der Waals surface area contributed by atoms with E-state index in [0.717, 1.165) is 12.8 Å². The van der Waals surface area contributed by atoms with Crippen LogP contribution in [0.2, 0.25) is 0 Å². The van der Waals surface area contributed by atoms with Gasteiger partial charge in [0.25, 0.3) is 0 Å². The molecule has 0 spiro atoms. The molecule has 4 atom stereocenters. The fraction of sp³-hybridized carbons (Fsp3) is 0.833. The van der Waals surface area contributed by atoms with Crippen molar-refractivity contribution in [2.24, 2.45) is 11.8 Å². The second-order valence-electron chi connectivity index (χ2n) is 6.74. The molecule has 1 heterocycles. The van der Waals surface area contributed by atoms with Gasteiger partial charge in [0.2, 0.25) is 0 Å². The third-order valence-electron chi connectivity index (χ3n) is 4.86. The van der Waals surface area contributed by atoms with E-state index in [-0.39, 0.29) is 17.9 Å². The molecule has 0 aromatic heterocycles. The number of esters is 1. The summed E-state index contributed by atoms with van der Waals surface area (Å²) in [6.07, 6.45) is 3.49. The highest BCUT2D eigenvalue weighted by molar-refractivity contribution is 5.71. The van der Waals surface area contributed by atoms with Crippen molar-refractivity contribution in [3.8, 4) is 0 Å². The van der Waals surface area contributed by atoms with Gasteiger partial charge in [0.05, 0.1) is 12.5 Å². The van der Waals surface area contributed by atoms with Gasteiger partial charge in [0, 0.05) is 18.4 Å². The van der Waals surface area contributed by atoms with Gasteiger partial charge in [-0.3, -0.25) is 9.59 Å². The van der Waals surface area contributed by atoms with Crippen LogP contribution in [0.3, 0.4) is 0 Å². The number of hydrogen-bond donors (Lipinski definition) is 2. The van der Waals surface area contributed by atoms with Crippen molar-refractivity contribution in [2.45, 2.75) is 77.9 Å². The molecule has 0 aliphatic carbocycles. The normalized spacial score (nSPS) is 29.3. The molecule has 1 aliphatic heterocycles. The Hall–Kier alpha value is -1.79. The minimum atomic E-state index is -0.875. The fourth-order valence-corrected chi connectivity index (χ4v) is 3.18. The summed E-state index contributed by atoms with van der Waals surface area (Å²) >= 11 is 0. The van der Waals surface area contributed by atoms with Gasteiger partial charge in [-0.2, -0.15) is 0 Å². The van der Waals surface area contributed by atoms with Crippen molar-refractivity contribution in [1.29, 1.82) is 0 Å². The van der Waals surface area contributed by atoms with E-state index in [0.29, 0.717) is 38.7 Å². The van der Waals surface area contributed by atoms with Crippen LogP contribution < -0.4 is 5.32 Å². The second kappa shape index (κ2) is 10.9. The number of carboxylic acids is 1. The predicted molar refractivity (Wildman–Crippen MR) is 92.1 cm³/mol. The molecule has 1 saturated heterocycles. The van der Waals surface area contributed by atoms with E-state index < -0.39 is 24.1 Å². The van der Waals surface area contributed by atoms with Crippen LogP contribution in [0.5, 0.6) is 0 Å². The minimum Gasteiger partial charge on any atom is -0.481 e. The molecule has 1 fully saturated rings. The van der Waals surface area contributed by atoms with Crippen LogP contribution in [0, 0.1) is 11.8 Å². The lowest BCUT2D eigenvalue weighted by molar-refractivity contribution is -0.156. The van der Waals surface area contributed by atoms with Crippen molar-refractivity contribution in [3.05, 3.63) is 0 Å². The van der Waals surface area contributed by atoms with Crippen molar-refractivity contribution in [2.75, 3.05) is 6.61 Å². The van der Waals surface area contributed by atoms with Gasteiger partial charge < -0.3 is 19.9 Å². The summed E-state index contributed by atoms with van der Waals surface area (Å²) in [5, 5.41) is 12.3. The molecule has 1 amide bonds. The molecule has 2 N–H and O–H groups in total. The first-order valence-corrected chi connectivity index (χ1v) is 9.20. The van der Waals surface area contributed by atoms with E-state index in [2.05, 4.69) is 5.32 Å². The van der Waals surface area contributed by atoms with E-state index in [9.17, 15) is 19.5 Å². The van der Waals surface area contributed by atoms with Gasteiger partial charge in [-0.1, -0.05) is 19.8 Å². The molecule has 0 aromatic rings. The summed E-state index contributed by atoms with van der Waals surface area (Å²) in [7, 11) is 0. The highest BCUT2D eigenvalue weighted by atomic mass is 16.5. The molecule has 0 radical (unpaired) electrons. The Bertz CT molecular complexity index is 453. The first-order chi connectivity index (χ1) is 11.8. The number of aliphatic carboxylic acids is 1. The lowest BCUT2D eigenvalue weighted by atomic mass is 9.85. The number of cyclic esters (lactones) is 1. The first-order valence-electron chi connectivity index (χ1n) is 9.20. The first kappa shape index (κ1) is 21.3. The number of amides is 1. The zero-order chi connectivity index (χ0) is 18.8. The van der Waals surface area contributed by atoms with E-state index in [1.807, 2.05) is 6.92 Å². The van der Waals surface area contributed by atoms with Crippen LogP contribution in [0.4, 0.5) is 4.79 Å². The fourth-order valence-electron chi connectivity index (χ4n) is 3.18. The number of hydrogen-bond acceptors (Lipinski definition) is 5. The second-order valence-corrected chi connectivity index (χ2v) is 6.74. The van der Waals surface area contributed by atoms with E-state index in [1.54, 1.807) is 13.8 Å². The van der Waals surface area contributed by atoms with Gasteiger partial charge in [-0.05, 0) is 39.5 Å². The number of carboxylic acid groups (broad SMARTS) is 1. The number of alkyl carbamates (subject to hydrolysis) is 1. The molecule has 0 bridgehead atoms. The maximum atomic E-state index is 11.9. The molecule has 25 heavy (non-hydrogen) atoms. The number of carbonyl (C=O) groups excluding carboxylic acids is 2. The lowest BCUT2D eigenvalue weighted by Crippen LogP contribution is -2.36. The maximum Gasteiger partial charge on any atom is 0.407 e. The Labute approximate surface area is 149 Å². The Morgan fingerprint density at radius 1 is 1.20 bits per heavy atom. The average molecular weight is 357 g/mol. The largest absolute Gasteiger partial charge is 0.481 e. The summed E-state index contributed by atoms with van der Waals surface area (Å²) in [6.45, 7) is 5.62. The van der Waals surface area contributed by atoms with Gasteiger partial charge in [-0.25, -0.2) is 4.79 Å². The highest BCUT2D eigenvalue weighted by Crippen LogP contribution is 2.26. The van der Waals surface area contributed by atoms with Crippen molar-refractivity contribution >= 4 is 18.0 Å². The lowest BCUT2D eigenvalue weighted by Gasteiger charge is -2.26. The van der Waals surface area contributed by atoms with E-state index in [1.165, 1.54) is 0 Å². The Kier molecular flexibility index (Phi) is 9.31. The molecule has 1 rings (SSSR count). The maximum absolute atomic E-state index is 11.9. The summed E-state index contributed by atoms with van der Waals surface area (Å²) < 4.78 is 10.3. The van der Waals surface area contributed by atoms with Crippen LogP contribution in [0.15, 0.2) is 0 Å². The molecule has 0 saturated carbocycles. The van der Waals surface area contributed by atoms with Crippen LogP contribution in [-0.2, 0) is 19.1 Å². The van der Waals surface area contributed by atoms with Crippen molar-refractivity contribution < 1.29 is 29.0 Å². The van der Waals surface area contributed by atoms with Crippen molar-refractivity contribution in [3.63, 3.8) is 0 Å². The van der Waals surface area contributed by atoms with Gasteiger partial charge in [0.1, 0.15) is 6.10 Å². The Balaban J connectivity index is 2.77. The zero-order valence-electron chi connectivity index (χ0n) is 15.5. The van der Waals surface area contributed by atoms with Crippen LogP contribution in [-0.4, -0.2) is 41.9 Å². The topological polar surface area (TPSA) is 102 Å². The van der Waals surface area contributed by atoms with E-state index in [4.69, 9.17) is 9.47 Å². The van der Waals surface area contributed by atoms with Crippen LogP contribution >= 0.6 is 0 Å². The SMILES string of the molecule is CCOC(=O)N[C@H]1CCCCC(=O)O[C@H](C)[C@H](C)[C@@H](C(=O)O)CCC1. The smallest absolute Gasteiger partial charge is 0.407 e. The summed E-state index contributed by atoms with van der Waals surface area (Å²) in [6, 6.07) is -0.0713. The van der Waals surface area contributed by atoms with E-state index >= 15 is 0 Å². The average Bonchev–Trinajstić information content (AvgIpc) is 2.54. The number of rotatable bonds is 3. The molecule has 144 valence electrons.